The molecule has 5 rings (SSSR count). The molecule has 2 heterocycles. The Kier molecular flexibility index (Phi) is 6.15. The van der Waals surface area contributed by atoms with Gasteiger partial charge in [-0.25, -0.2) is 4.99 Å². The minimum atomic E-state index is -0.0290. The molecule has 1 amide bonds. The van der Waals surface area contributed by atoms with Gasteiger partial charge >= 0.3 is 0 Å². The van der Waals surface area contributed by atoms with Crippen molar-refractivity contribution in [2.75, 3.05) is 18.6 Å². The maximum absolute atomic E-state index is 13.7. The highest BCUT2D eigenvalue weighted by Gasteiger charge is 2.39. The SMILES string of the molecule is CCOc1ccccc1N=C1S/C(=C2/Sc3ccccc3N2C)C(=O)N1Cc1ccccc1. The number of aliphatic imine (C=N–C) groups is 1. The largest absolute Gasteiger partial charge is 0.492 e. The molecule has 2 aliphatic heterocycles. The highest BCUT2D eigenvalue weighted by Crippen LogP contribution is 2.50. The molecule has 5 nitrogen and oxygen atoms in total. The van der Waals surface area contributed by atoms with Gasteiger partial charge in [-0.2, -0.15) is 0 Å². The number of rotatable bonds is 5. The van der Waals surface area contributed by atoms with Gasteiger partial charge in [0, 0.05) is 11.9 Å². The monoisotopic (exact) mass is 473 g/mol. The Labute approximate surface area is 202 Å². The van der Waals surface area contributed by atoms with Crippen molar-refractivity contribution in [2.24, 2.45) is 4.99 Å². The Morgan fingerprint density at radius 1 is 0.909 bits per heavy atom. The number of nitrogens with zero attached hydrogens (tertiary/aromatic N) is 3. The molecular formula is C26H23N3O2S2. The average molecular weight is 474 g/mol. The van der Waals surface area contributed by atoms with Crippen LogP contribution in [0.4, 0.5) is 11.4 Å². The van der Waals surface area contributed by atoms with Crippen molar-refractivity contribution >= 4 is 46.0 Å². The third-order valence-electron chi connectivity index (χ3n) is 5.36. The Hall–Kier alpha value is -3.16. The second-order valence-electron chi connectivity index (χ2n) is 7.54. The first-order valence-electron chi connectivity index (χ1n) is 10.7. The molecule has 0 spiro atoms. The minimum absolute atomic E-state index is 0.0290. The number of carbonyl (C=O) groups is 1. The van der Waals surface area contributed by atoms with Crippen LogP contribution < -0.4 is 9.64 Å². The van der Waals surface area contributed by atoms with Crippen molar-refractivity contribution < 1.29 is 9.53 Å². The highest BCUT2D eigenvalue weighted by atomic mass is 32.2. The number of para-hydroxylation sites is 3. The predicted molar refractivity (Wildman–Crippen MR) is 137 cm³/mol. The summed E-state index contributed by atoms with van der Waals surface area (Å²) in [5, 5.41) is 1.59. The fraction of sp³-hybridized carbons (Fsp3) is 0.154. The molecule has 1 saturated heterocycles. The van der Waals surface area contributed by atoms with Crippen molar-refractivity contribution in [1.29, 1.82) is 0 Å². The van der Waals surface area contributed by atoms with Gasteiger partial charge < -0.3 is 9.64 Å². The molecule has 0 radical (unpaired) electrons. The van der Waals surface area contributed by atoms with Crippen molar-refractivity contribution in [2.45, 2.75) is 18.4 Å². The minimum Gasteiger partial charge on any atom is -0.492 e. The fourth-order valence-corrected chi connectivity index (χ4v) is 6.09. The number of ether oxygens (including phenoxy) is 1. The van der Waals surface area contributed by atoms with Gasteiger partial charge in [-0.15, -0.1) is 0 Å². The van der Waals surface area contributed by atoms with Gasteiger partial charge in [0.05, 0.1) is 23.9 Å². The van der Waals surface area contributed by atoms with Crippen molar-refractivity contribution in [3.8, 4) is 5.75 Å². The second-order valence-corrected chi connectivity index (χ2v) is 9.55. The second kappa shape index (κ2) is 9.37. The standard InChI is InChI=1S/C26H23N3O2S2/c1-3-31-21-15-9-7-13-19(21)27-26-29(17-18-11-5-4-6-12-18)24(30)23(33-26)25-28(2)20-14-8-10-16-22(20)32-25/h4-16H,3,17H2,1-2H3/b25-23+,27-26?. The summed E-state index contributed by atoms with van der Waals surface area (Å²) in [6, 6.07) is 25.9. The molecule has 1 fully saturated rings. The maximum atomic E-state index is 13.7. The molecule has 7 heteroatoms. The van der Waals surface area contributed by atoms with Gasteiger partial charge in [0.1, 0.15) is 16.3 Å². The normalized spacial score (nSPS) is 18.8. The van der Waals surface area contributed by atoms with E-state index in [9.17, 15) is 4.79 Å². The average Bonchev–Trinajstić information content (AvgIpc) is 3.33. The van der Waals surface area contributed by atoms with Gasteiger partial charge in [-0.3, -0.25) is 9.69 Å². The molecule has 0 aliphatic carbocycles. The molecule has 166 valence electrons. The van der Waals surface area contributed by atoms with Gasteiger partial charge in [0.15, 0.2) is 5.17 Å². The van der Waals surface area contributed by atoms with Crippen molar-refractivity contribution in [1.82, 2.24) is 4.90 Å². The summed E-state index contributed by atoms with van der Waals surface area (Å²) >= 11 is 3.06. The number of anilines is 1. The van der Waals surface area contributed by atoms with E-state index in [0.29, 0.717) is 29.0 Å². The zero-order valence-corrected chi connectivity index (χ0v) is 20.0. The van der Waals surface area contributed by atoms with E-state index >= 15 is 0 Å². The Morgan fingerprint density at radius 2 is 1.64 bits per heavy atom. The third kappa shape index (κ3) is 4.26. The van der Waals surface area contributed by atoms with Crippen LogP contribution in [0.2, 0.25) is 0 Å². The van der Waals surface area contributed by atoms with Crippen LogP contribution in [-0.2, 0) is 11.3 Å². The number of hydrogen-bond acceptors (Lipinski definition) is 6. The van der Waals surface area contributed by atoms with Crippen LogP contribution in [0.25, 0.3) is 0 Å². The number of thioether (sulfide) groups is 2. The first kappa shape index (κ1) is 21.7. The third-order valence-corrected chi connectivity index (χ3v) is 7.79. The van der Waals surface area contributed by atoms with Crippen LogP contribution in [0.3, 0.4) is 0 Å². The summed E-state index contributed by atoms with van der Waals surface area (Å²) in [7, 11) is 2.01. The number of fused-ring (bicyclic) bond motifs is 1. The quantitative estimate of drug-likeness (QED) is 0.409. The lowest BCUT2D eigenvalue weighted by molar-refractivity contribution is -0.122. The van der Waals surface area contributed by atoms with Crippen LogP contribution >= 0.6 is 23.5 Å². The van der Waals surface area contributed by atoms with Gasteiger partial charge in [-0.1, -0.05) is 66.4 Å². The lowest BCUT2D eigenvalue weighted by atomic mass is 10.2. The van der Waals surface area contributed by atoms with E-state index in [-0.39, 0.29) is 5.91 Å². The van der Waals surface area contributed by atoms with Crippen LogP contribution in [0, 0.1) is 0 Å². The van der Waals surface area contributed by atoms with E-state index in [1.165, 1.54) is 11.8 Å². The van der Waals surface area contributed by atoms with Crippen LogP contribution in [0.5, 0.6) is 5.75 Å². The van der Waals surface area contributed by atoms with Gasteiger partial charge in [0.25, 0.3) is 5.91 Å². The molecule has 3 aromatic rings. The molecule has 0 N–H and O–H groups in total. The molecule has 0 unspecified atom stereocenters. The molecule has 2 aliphatic rings. The number of hydrogen-bond donors (Lipinski definition) is 0. The van der Waals surface area contributed by atoms with Crippen molar-refractivity contribution in [3.63, 3.8) is 0 Å². The number of carbonyl (C=O) groups excluding carboxylic acids is 1. The number of benzene rings is 3. The summed E-state index contributed by atoms with van der Waals surface area (Å²) in [5.41, 5.74) is 2.88. The topological polar surface area (TPSA) is 45.1 Å². The summed E-state index contributed by atoms with van der Waals surface area (Å²) in [5.74, 6) is 0.680. The number of amides is 1. The van der Waals surface area contributed by atoms with E-state index in [4.69, 9.17) is 9.73 Å². The van der Waals surface area contributed by atoms with Gasteiger partial charge in [0.2, 0.25) is 0 Å². The molecule has 0 saturated carbocycles. The first-order chi connectivity index (χ1) is 16.2. The van der Waals surface area contributed by atoms with Gasteiger partial charge in [-0.05, 0) is 48.5 Å². The molecule has 33 heavy (non-hydrogen) atoms. The Bertz CT molecular complexity index is 1260. The predicted octanol–water partition coefficient (Wildman–Crippen LogP) is 6.26. The first-order valence-corrected chi connectivity index (χ1v) is 12.4. The smallest absolute Gasteiger partial charge is 0.269 e. The Balaban J connectivity index is 1.57. The fourth-order valence-electron chi connectivity index (χ4n) is 3.75. The summed E-state index contributed by atoms with van der Waals surface area (Å²) < 4.78 is 5.77. The maximum Gasteiger partial charge on any atom is 0.269 e. The van der Waals surface area contributed by atoms with Crippen molar-refractivity contribution in [3.05, 3.63) is 94.4 Å². The molecular weight excluding hydrogens is 450 g/mol. The summed E-state index contributed by atoms with van der Waals surface area (Å²) in [4.78, 5) is 24.3. The molecule has 0 atom stereocenters. The summed E-state index contributed by atoms with van der Waals surface area (Å²) in [6.45, 7) is 2.96. The lowest BCUT2D eigenvalue weighted by Gasteiger charge is -2.17. The van der Waals surface area contributed by atoms with E-state index < -0.39 is 0 Å². The summed E-state index contributed by atoms with van der Waals surface area (Å²) in [6.07, 6.45) is 0. The lowest BCUT2D eigenvalue weighted by Crippen LogP contribution is -2.29. The molecule has 3 aromatic carbocycles. The van der Waals surface area contributed by atoms with E-state index in [2.05, 4.69) is 17.0 Å². The molecule has 0 bridgehead atoms. The van der Waals surface area contributed by atoms with E-state index in [1.807, 2.05) is 80.7 Å². The van der Waals surface area contributed by atoms with Crippen LogP contribution in [0.15, 0.2) is 98.7 Å². The zero-order chi connectivity index (χ0) is 22.8. The Morgan fingerprint density at radius 3 is 2.42 bits per heavy atom. The van der Waals surface area contributed by atoms with E-state index in [1.54, 1.807) is 16.7 Å². The number of amidine groups is 1. The van der Waals surface area contributed by atoms with Crippen LogP contribution in [0.1, 0.15) is 12.5 Å². The molecule has 0 aromatic heterocycles. The van der Waals surface area contributed by atoms with Crippen LogP contribution in [-0.4, -0.2) is 29.6 Å². The highest BCUT2D eigenvalue weighted by molar-refractivity contribution is 8.19. The zero-order valence-electron chi connectivity index (χ0n) is 18.4. The van der Waals surface area contributed by atoms with E-state index in [0.717, 1.165) is 26.9 Å².